The van der Waals surface area contributed by atoms with Crippen LogP contribution in [0.5, 0.6) is 5.75 Å². The van der Waals surface area contributed by atoms with Gasteiger partial charge >= 0.3 is 0 Å². The van der Waals surface area contributed by atoms with E-state index in [-0.39, 0.29) is 5.91 Å². The van der Waals surface area contributed by atoms with E-state index in [1.807, 2.05) is 17.0 Å². The fourth-order valence-electron chi connectivity index (χ4n) is 2.99. The molecule has 1 atom stereocenters. The second kappa shape index (κ2) is 7.01. The van der Waals surface area contributed by atoms with Gasteiger partial charge in [-0.25, -0.2) is 0 Å². The molecule has 1 aliphatic heterocycles. The Kier molecular flexibility index (Phi) is 4.82. The van der Waals surface area contributed by atoms with Gasteiger partial charge in [0.1, 0.15) is 5.75 Å². The van der Waals surface area contributed by atoms with E-state index in [0.717, 1.165) is 31.7 Å². The molecule has 0 bridgehead atoms. The van der Waals surface area contributed by atoms with Gasteiger partial charge in [0.15, 0.2) is 0 Å². The minimum Gasteiger partial charge on any atom is -0.497 e. The molecule has 1 saturated heterocycles. The van der Waals surface area contributed by atoms with Gasteiger partial charge < -0.3 is 9.64 Å². The summed E-state index contributed by atoms with van der Waals surface area (Å²) in [5.74, 6) is 1.36. The molecule has 0 saturated carbocycles. The van der Waals surface area contributed by atoms with E-state index in [2.05, 4.69) is 17.1 Å². The smallest absolute Gasteiger partial charge is 0.255 e. The third-order valence-corrected chi connectivity index (χ3v) is 4.42. The Morgan fingerprint density at radius 3 is 2.83 bits per heavy atom. The first-order chi connectivity index (χ1) is 11.2. The molecule has 1 aliphatic rings. The molecule has 0 aliphatic carbocycles. The number of hydrogen-bond donors (Lipinski definition) is 0. The molecule has 5 heteroatoms. The number of carbonyl (C=O) groups is 1. The van der Waals surface area contributed by atoms with Gasteiger partial charge in [-0.05, 0) is 42.5 Å². The predicted octanol–water partition coefficient (Wildman–Crippen LogP) is 3.45. The lowest BCUT2D eigenvalue weighted by Gasteiger charge is -2.16. The number of nitrogens with zero attached hydrogens (tertiary/aromatic N) is 2. The summed E-state index contributed by atoms with van der Waals surface area (Å²) in [6.45, 7) is 1.56. The van der Waals surface area contributed by atoms with Crippen LogP contribution in [0.25, 0.3) is 0 Å². The number of rotatable bonds is 4. The fraction of sp³-hybridized carbons (Fsp3) is 0.333. The number of ether oxygens (including phenoxy) is 1. The standard InChI is InChI=1S/C18H19ClN2O2/c1-23-17-4-2-13(3-5-17)8-14-6-7-21(12-14)18(22)15-9-16(19)11-20-10-15/h2-5,9-11,14H,6-8,12H2,1H3. The summed E-state index contributed by atoms with van der Waals surface area (Å²) in [4.78, 5) is 18.4. The molecule has 120 valence electrons. The Balaban J connectivity index is 1.60. The van der Waals surface area contributed by atoms with Crippen molar-refractivity contribution in [2.45, 2.75) is 12.8 Å². The van der Waals surface area contributed by atoms with Crippen molar-refractivity contribution in [3.05, 3.63) is 58.9 Å². The second-order valence-electron chi connectivity index (χ2n) is 5.85. The van der Waals surface area contributed by atoms with Crippen molar-refractivity contribution < 1.29 is 9.53 Å². The maximum Gasteiger partial charge on any atom is 0.255 e. The monoisotopic (exact) mass is 330 g/mol. The average molecular weight is 331 g/mol. The summed E-state index contributed by atoms with van der Waals surface area (Å²) in [7, 11) is 1.67. The summed E-state index contributed by atoms with van der Waals surface area (Å²) < 4.78 is 5.18. The highest BCUT2D eigenvalue weighted by atomic mass is 35.5. The van der Waals surface area contributed by atoms with Crippen molar-refractivity contribution in [1.29, 1.82) is 0 Å². The van der Waals surface area contributed by atoms with Crippen LogP contribution in [-0.4, -0.2) is 36.0 Å². The van der Waals surface area contributed by atoms with Crippen molar-refractivity contribution in [2.75, 3.05) is 20.2 Å². The normalized spacial score (nSPS) is 17.3. The Morgan fingerprint density at radius 1 is 1.35 bits per heavy atom. The number of methoxy groups -OCH3 is 1. The largest absolute Gasteiger partial charge is 0.497 e. The molecule has 3 rings (SSSR count). The maximum atomic E-state index is 12.5. The van der Waals surface area contributed by atoms with Crippen LogP contribution in [0.3, 0.4) is 0 Å². The fourth-order valence-corrected chi connectivity index (χ4v) is 3.16. The van der Waals surface area contributed by atoms with Gasteiger partial charge in [0.25, 0.3) is 5.91 Å². The molecule has 1 unspecified atom stereocenters. The zero-order chi connectivity index (χ0) is 16.2. The molecule has 23 heavy (non-hydrogen) atoms. The summed E-state index contributed by atoms with van der Waals surface area (Å²) in [5, 5.41) is 0.491. The Morgan fingerprint density at radius 2 is 2.13 bits per heavy atom. The molecule has 1 fully saturated rings. The third-order valence-electron chi connectivity index (χ3n) is 4.21. The summed E-state index contributed by atoms with van der Waals surface area (Å²) in [6, 6.07) is 9.80. The van der Waals surface area contributed by atoms with Gasteiger partial charge in [0.05, 0.1) is 17.7 Å². The van der Waals surface area contributed by atoms with E-state index in [9.17, 15) is 4.79 Å². The van der Waals surface area contributed by atoms with E-state index < -0.39 is 0 Å². The van der Waals surface area contributed by atoms with Crippen LogP contribution in [-0.2, 0) is 6.42 Å². The first-order valence-corrected chi connectivity index (χ1v) is 8.06. The van der Waals surface area contributed by atoms with E-state index in [4.69, 9.17) is 16.3 Å². The van der Waals surface area contributed by atoms with Crippen molar-refractivity contribution in [3.63, 3.8) is 0 Å². The Bertz CT molecular complexity index is 688. The highest BCUT2D eigenvalue weighted by molar-refractivity contribution is 6.30. The zero-order valence-electron chi connectivity index (χ0n) is 13.0. The van der Waals surface area contributed by atoms with Gasteiger partial charge in [0.2, 0.25) is 0 Å². The van der Waals surface area contributed by atoms with E-state index >= 15 is 0 Å². The number of amides is 1. The molecule has 1 aromatic heterocycles. The van der Waals surface area contributed by atoms with E-state index in [1.165, 1.54) is 11.8 Å². The lowest BCUT2D eigenvalue weighted by atomic mass is 9.99. The Labute approximate surface area is 141 Å². The van der Waals surface area contributed by atoms with Gasteiger partial charge in [0, 0.05) is 25.5 Å². The molecule has 4 nitrogen and oxygen atoms in total. The van der Waals surface area contributed by atoms with Crippen molar-refractivity contribution in [1.82, 2.24) is 9.88 Å². The zero-order valence-corrected chi connectivity index (χ0v) is 13.8. The SMILES string of the molecule is COc1ccc(CC2CCN(C(=O)c3cncc(Cl)c3)C2)cc1. The lowest BCUT2D eigenvalue weighted by molar-refractivity contribution is 0.0786. The van der Waals surface area contributed by atoms with Crippen molar-refractivity contribution in [2.24, 2.45) is 5.92 Å². The van der Waals surface area contributed by atoms with Crippen LogP contribution in [0, 0.1) is 5.92 Å². The average Bonchev–Trinajstić information content (AvgIpc) is 3.03. The predicted molar refractivity (Wildman–Crippen MR) is 90.0 cm³/mol. The molecule has 0 N–H and O–H groups in total. The summed E-state index contributed by atoms with van der Waals surface area (Å²) >= 11 is 5.91. The molecular weight excluding hydrogens is 312 g/mol. The van der Waals surface area contributed by atoms with Gasteiger partial charge in [-0.15, -0.1) is 0 Å². The van der Waals surface area contributed by atoms with Crippen LogP contribution in [0.15, 0.2) is 42.7 Å². The highest BCUT2D eigenvalue weighted by Gasteiger charge is 2.27. The van der Waals surface area contributed by atoms with E-state index in [1.54, 1.807) is 19.4 Å². The maximum absolute atomic E-state index is 12.5. The van der Waals surface area contributed by atoms with Gasteiger partial charge in [-0.1, -0.05) is 23.7 Å². The van der Waals surface area contributed by atoms with Crippen LogP contribution >= 0.6 is 11.6 Å². The van der Waals surface area contributed by atoms with Crippen molar-refractivity contribution >= 4 is 17.5 Å². The number of benzene rings is 1. The van der Waals surface area contributed by atoms with Gasteiger partial charge in [-0.3, -0.25) is 9.78 Å². The molecule has 2 heterocycles. The van der Waals surface area contributed by atoms with Gasteiger partial charge in [-0.2, -0.15) is 0 Å². The number of hydrogen-bond acceptors (Lipinski definition) is 3. The van der Waals surface area contributed by atoms with E-state index in [0.29, 0.717) is 16.5 Å². The first kappa shape index (κ1) is 15.8. The minimum absolute atomic E-state index is 0.0113. The van der Waals surface area contributed by atoms with Crippen LogP contribution in [0.2, 0.25) is 5.02 Å². The number of pyridine rings is 1. The Hall–Kier alpha value is -2.07. The minimum atomic E-state index is 0.0113. The molecule has 1 aromatic carbocycles. The number of aromatic nitrogens is 1. The molecule has 0 spiro atoms. The topological polar surface area (TPSA) is 42.4 Å². The molecular formula is C18H19ClN2O2. The van der Waals surface area contributed by atoms with Crippen molar-refractivity contribution in [3.8, 4) is 5.75 Å². The highest BCUT2D eigenvalue weighted by Crippen LogP contribution is 2.24. The number of carbonyl (C=O) groups excluding carboxylic acids is 1. The summed E-state index contributed by atoms with van der Waals surface area (Å²) in [5.41, 5.74) is 1.83. The van der Waals surface area contributed by atoms with Crippen LogP contribution in [0.4, 0.5) is 0 Å². The van der Waals surface area contributed by atoms with Crippen LogP contribution in [0.1, 0.15) is 22.3 Å². The number of likely N-dealkylation sites (tertiary alicyclic amines) is 1. The second-order valence-corrected chi connectivity index (χ2v) is 6.29. The third kappa shape index (κ3) is 3.82. The quantitative estimate of drug-likeness (QED) is 0.862. The molecule has 0 radical (unpaired) electrons. The first-order valence-electron chi connectivity index (χ1n) is 7.68. The molecule has 1 amide bonds. The summed E-state index contributed by atoms with van der Waals surface area (Å²) in [6.07, 6.45) is 5.10. The molecule has 2 aromatic rings. The number of halogens is 1. The van der Waals surface area contributed by atoms with Crippen LogP contribution < -0.4 is 4.74 Å². The lowest BCUT2D eigenvalue weighted by Crippen LogP contribution is -2.29.